The third kappa shape index (κ3) is 3.35. The first-order chi connectivity index (χ1) is 13.8. The Kier molecular flexibility index (Phi) is 5.59. The fourth-order valence-corrected chi connectivity index (χ4v) is 4.77. The summed E-state index contributed by atoms with van der Waals surface area (Å²) < 4.78 is 26.1. The smallest absolute Gasteiger partial charge is 0.205 e. The number of hydrogen-bond donors (Lipinski definition) is 4. The molecule has 158 valence electrons. The Hall–Kier alpha value is -1.32. The Labute approximate surface area is 172 Å². The summed E-state index contributed by atoms with van der Waals surface area (Å²) in [7, 11) is 0. The lowest BCUT2D eigenvalue weighted by Gasteiger charge is -2.48. The van der Waals surface area contributed by atoms with E-state index in [9.17, 15) is 24.8 Å². The number of aryl methyl sites for hydroxylation is 1. The molecule has 0 aromatic heterocycles. The third-order valence-electron chi connectivity index (χ3n) is 6.16. The molecule has 6 atom stereocenters. The van der Waals surface area contributed by atoms with Crippen LogP contribution in [-0.4, -0.2) is 63.8 Å². The minimum atomic E-state index is -1.62. The first-order valence-electron chi connectivity index (χ1n) is 9.57. The number of ether oxygens (including phenoxy) is 2. The lowest BCUT2D eigenvalue weighted by Crippen LogP contribution is -2.67. The fourth-order valence-electron chi connectivity index (χ4n) is 4.48. The van der Waals surface area contributed by atoms with Crippen LogP contribution in [0.1, 0.15) is 17.5 Å². The Bertz CT molecular complexity index is 869. The molecule has 6 nitrogen and oxygen atoms in total. The predicted octanol–water partition coefficient (Wildman–Crippen LogP) is 1.32. The van der Waals surface area contributed by atoms with E-state index in [0.717, 1.165) is 11.1 Å². The average Bonchev–Trinajstić information content (AvgIpc) is 3.05. The average molecular weight is 427 g/mol. The van der Waals surface area contributed by atoms with Gasteiger partial charge in [-0.25, -0.2) is 4.39 Å². The third-order valence-corrected chi connectivity index (χ3v) is 6.53. The molecule has 2 heterocycles. The molecule has 4 N–H and O–H groups in total. The normalized spacial score (nSPS) is 37.1. The summed E-state index contributed by atoms with van der Waals surface area (Å²) in [5, 5.41) is 41.1. The molecule has 2 fully saturated rings. The number of aliphatic hydroxyl groups excluding tert-OH is 4. The van der Waals surface area contributed by atoms with E-state index >= 15 is 0 Å². The first kappa shape index (κ1) is 20.9. The van der Waals surface area contributed by atoms with Gasteiger partial charge in [-0.2, -0.15) is 0 Å². The molecule has 0 radical (unpaired) electrons. The predicted molar refractivity (Wildman–Crippen MR) is 103 cm³/mol. The lowest BCUT2D eigenvalue weighted by molar-refractivity contribution is -0.362. The summed E-state index contributed by atoms with van der Waals surface area (Å²) in [6.07, 6.45) is -3.27. The van der Waals surface area contributed by atoms with E-state index in [2.05, 4.69) is 0 Å². The molecular formula is C21H24ClFO6. The van der Waals surface area contributed by atoms with Gasteiger partial charge in [0.05, 0.1) is 13.2 Å². The van der Waals surface area contributed by atoms with Crippen LogP contribution in [0.3, 0.4) is 0 Å². The van der Waals surface area contributed by atoms with E-state index in [1.54, 1.807) is 31.2 Å². The van der Waals surface area contributed by atoms with Crippen LogP contribution in [0, 0.1) is 18.7 Å². The second-order valence-electron chi connectivity index (χ2n) is 7.93. The molecule has 1 aromatic rings. The quantitative estimate of drug-likeness (QED) is 0.581. The van der Waals surface area contributed by atoms with Gasteiger partial charge < -0.3 is 29.9 Å². The summed E-state index contributed by atoms with van der Waals surface area (Å²) in [6, 6.07) is 5.18. The van der Waals surface area contributed by atoms with Gasteiger partial charge in [-0.1, -0.05) is 29.8 Å². The van der Waals surface area contributed by atoms with Crippen LogP contribution in [0.5, 0.6) is 0 Å². The standard InChI is InChI=1S/C21H24ClFO6/c1-10-3-2-4-11(17(10)23)5-12-6-14-13(7-15(12)22)9-28-21(14)20(27)19(26)18(25)16(8-24)29-21/h2-4,7,14,16,18-20,24-27H,5-6,8-9H2,1H3/t14?,16-,18-,19+,20-,21+/m1/s1. The first-order valence-corrected chi connectivity index (χ1v) is 9.95. The molecule has 0 amide bonds. The Morgan fingerprint density at radius 3 is 2.72 bits per heavy atom. The number of benzene rings is 1. The van der Waals surface area contributed by atoms with Gasteiger partial charge in [0.2, 0.25) is 5.79 Å². The van der Waals surface area contributed by atoms with Gasteiger partial charge in [0.15, 0.2) is 0 Å². The summed E-state index contributed by atoms with van der Waals surface area (Å²) >= 11 is 6.46. The van der Waals surface area contributed by atoms with Crippen molar-refractivity contribution in [2.45, 2.75) is 50.0 Å². The zero-order chi connectivity index (χ0) is 20.9. The zero-order valence-electron chi connectivity index (χ0n) is 15.9. The SMILES string of the molecule is Cc1cccc(CC2=C(Cl)C=C3CO[C@]4(O[C@H](CO)[C@@H](O)[C@H](O)[C@H]4O)C3C2)c1F. The molecule has 4 rings (SSSR count). The zero-order valence-corrected chi connectivity index (χ0v) is 16.6. The molecule has 2 saturated heterocycles. The van der Waals surface area contributed by atoms with E-state index in [-0.39, 0.29) is 18.8 Å². The number of allylic oxidation sites excluding steroid dienone is 3. The molecule has 1 unspecified atom stereocenters. The highest BCUT2D eigenvalue weighted by Crippen LogP contribution is 2.50. The number of aliphatic hydroxyl groups is 4. The second-order valence-corrected chi connectivity index (χ2v) is 8.33. The van der Waals surface area contributed by atoms with E-state index in [1.807, 2.05) is 0 Å². The lowest BCUT2D eigenvalue weighted by atomic mass is 9.76. The highest BCUT2D eigenvalue weighted by atomic mass is 35.5. The number of halogens is 2. The van der Waals surface area contributed by atoms with Gasteiger partial charge in [0.1, 0.15) is 30.2 Å². The minimum Gasteiger partial charge on any atom is -0.394 e. The summed E-state index contributed by atoms with van der Waals surface area (Å²) in [6.45, 7) is 1.28. The highest BCUT2D eigenvalue weighted by Gasteiger charge is 2.62. The van der Waals surface area contributed by atoms with Crippen molar-refractivity contribution in [3.63, 3.8) is 0 Å². The topological polar surface area (TPSA) is 99.4 Å². The van der Waals surface area contributed by atoms with Crippen molar-refractivity contribution in [1.29, 1.82) is 0 Å². The van der Waals surface area contributed by atoms with Crippen LogP contribution in [0.2, 0.25) is 0 Å². The maximum Gasteiger partial charge on any atom is 0.205 e. The fraction of sp³-hybridized carbons (Fsp3) is 0.524. The van der Waals surface area contributed by atoms with Crippen molar-refractivity contribution in [1.82, 2.24) is 0 Å². The molecule has 0 saturated carbocycles. The molecule has 1 aromatic carbocycles. The summed E-state index contributed by atoms with van der Waals surface area (Å²) in [5.74, 6) is -2.39. The van der Waals surface area contributed by atoms with E-state index in [0.29, 0.717) is 22.6 Å². The van der Waals surface area contributed by atoms with Crippen molar-refractivity contribution < 1.29 is 34.3 Å². The molecule has 1 spiro atoms. The van der Waals surface area contributed by atoms with E-state index in [1.165, 1.54) is 0 Å². The summed E-state index contributed by atoms with van der Waals surface area (Å²) in [5.41, 5.74) is 2.59. The Morgan fingerprint density at radius 1 is 1.24 bits per heavy atom. The van der Waals surface area contributed by atoms with E-state index in [4.69, 9.17) is 21.1 Å². The largest absolute Gasteiger partial charge is 0.394 e. The van der Waals surface area contributed by atoms with Gasteiger partial charge in [0.25, 0.3) is 0 Å². The molecule has 1 aliphatic carbocycles. The monoisotopic (exact) mass is 426 g/mol. The maximum atomic E-state index is 14.5. The Morgan fingerprint density at radius 2 is 2.00 bits per heavy atom. The van der Waals surface area contributed by atoms with Crippen molar-refractivity contribution in [2.24, 2.45) is 5.92 Å². The van der Waals surface area contributed by atoms with Crippen molar-refractivity contribution in [3.8, 4) is 0 Å². The highest BCUT2D eigenvalue weighted by molar-refractivity contribution is 6.31. The van der Waals surface area contributed by atoms with Crippen LogP contribution in [0.25, 0.3) is 0 Å². The molecule has 3 aliphatic rings. The number of rotatable bonds is 3. The molecule has 29 heavy (non-hydrogen) atoms. The van der Waals surface area contributed by atoms with Gasteiger partial charge in [0, 0.05) is 11.0 Å². The van der Waals surface area contributed by atoms with Crippen LogP contribution in [-0.2, 0) is 15.9 Å². The van der Waals surface area contributed by atoms with Crippen molar-refractivity contribution in [2.75, 3.05) is 13.2 Å². The van der Waals surface area contributed by atoms with E-state index < -0.39 is 42.7 Å². The van der Waals surface area contributed by atoms with Gasteiger partial charge in [-0.15, -0.1) is 0 Å². The molecule has 8 heteroatoms. The van der Waals surface area contributed by atoms with Crippen LogP contribution < -0.4 is 0 Å². The van der Waals surface area contributed by atoms with Crippen LogP contribution in [0.4, 0.5) is 4.39 Å². The molecule has 2 aliphatic heterocycles. The summed E-state index contributed by atoms with van der Waals surface area (Å²) in [4.78, 5) is 0. The van der Waals surface area contributed by atoms with Crippen LogP contribution in [0.15, 0.2) is 40.5 Å². The number of fused-ring (bicyclic) bond motifs is 2. The second kappa shape index (κ2) is 7.74. The minimum absolute atomic E-state index is 0.130. The van der Waals surface area contributed by atoms with Gasteiger partial charge in [-0.3, -0.25) is 0 Å². The van der Waals surface area contributed by atoms with Crippen LogP contribution >= 0.6 is 11.6 Å². The number of hydrogen-bond acceptors (Lipinski definition) is 6. The van der Waals surface area contributed by atoms with Gasteiger partial charge >= 0.3 is 0 Å². The molecule has 0 bridgehead atoms. The Balaban J connectivity index is 1.65. The maximum absolute atomic E-state index is 14.5. The van der Waals surface area contributed by atoms with Gasteiger partial charge in [-0.05, 0) is 48.1 Å². The molecular weight excluding hydrogens is 403 g/mol. The van der Waals surface area contributed by atoms with Crippen molar-refractivity contribution >= 4 is 11.6 Å². The van der Waals surface area contributed by atoms with Crippen molar-refractivity contribution in [3.05, 3.63) is 57.4 Å².